The van der Waals surface area contributed by atoms with Crippen molar-refractivity contribution in [3.63, 3.8) is 0 Å². The molecule has 1 aromatic carbocycles. The molecule has 0 aliphatic carbocycles. The van der Waals surface area contributed by atoms with Gasteiger partial charge in [-0.25, -0.2) is 8.78 Å². The van der Waals surface area contributed by atoms with Crippen LogP contribution in [0, 0.1) is 23.0 Å². The minimum Gasteiger partial charge on any atom is -0.297 e. The molecule has 1 fully saturated rings. The van der Waals surface area contributed by atoms with E-state index < -0.39 is 17.2 Å². The highest BCUT2D eigenvalue weighted by molar-refractivity contribution is 5.18. The van der Waals surface area contributed by atoms with Crippen LogP contribution in [0.2, 0.25) is 0 Å². The fourth-order valence-electron chi connectivity index (χ4n) is 2.50. The Hall–Kier alpha value is -1.51. The van der Waals surface area contributed by atoms with E-state index in [0.29, 0.717) is 12.1 Å². The van der Waals surface area contributed by atoms with Crippen LogP contribution in [0.4, 0.5) is 8.78 Å². The van der Waals surface area contributed by atoms with Crippen LogP contribution in [0.3, 0.4) is 0 Å². The maximum Gasteiger partial charge on any atom is 0.126 e. The molecule has 20 heavy (non-hydrogen) atoms. The lowest BCUT2D eigenvalue weighted by atomic mass is 10.0. The second kappa shape index (κ2) is 5.86. The number of piperazine rings is 1. The SMILES string of the molecule is CC(C)(C#N)N1CCN(Cc2cc(F)cc(F)c2)CC1. The van der Waals surface area contributed by atoms with Crippen molar-refractivity contribution >= 4 is 0 Å². The van der Waals surface area contributed by atoms with E-state index in [-0.39, 0.29) is 0 Å². The predicted molar refractivity (Wildman–Crippen MR) is 72.9 cm³/mol. The van der Waals surface area contributed by atoms with Crippen LogP contribution in [0.25, 0.3) is 0 Å². The number of hydrogen-bond donors (Lipinski definition) is 0. The van der Waals surface area contributed by atoms with Crippen LogP contribution >= 0.6 is 0 Å². The van der Waals surface area contributed by atoms with Gasteiger partial charge in [0.2, 0.25) is 0 Å². The standard InChI is InChI=1S/C15H19F2N3/c1-15(2,11-18)20-5-3-19(4-6-20)10-12-7-13(16)9-14(17)8-12/h7-9H,3-6,10H2,1-2H3. The smallest absolute Gasteiger partial charge is 0.126 e. The lowest BCUT2D eigenvalue weighted by Gasteiger charge is -2.40. The van der Waals surface area contributed by atoms with E-state index in [2.05, 4.69) is 15.9 Å². The normalized spacial score (nSPS) is 17.9. The summed E-state index contributed by atoms with van der Waals surface area (Å²) in [6.45, 7) is 7.52. The Bertz CT molecular complexity index is 494. The van der Waals surface area contributed by atoms with E-state index in [0.717, 1.165) is 32.2 Å². The molecular formula is C15H19F2N3. The van der Waals surface area contributed by atoms with Crippen molar-refractivity contribution < 1.29 is 8.78 Å². The van der Waals surface area contributed by atoms with Gasteiger partial charge in [0, 0.05) is 38.8 Å². The van der Waals surface area contributed by atoms with Crippen molar-refractivity contribution in [2.24, 2.45) is 0 Å². The van der Waals surface area contributed by atoms with Gasteiger partial charge in [0.1, 0.15) is 17.2 Å². The number of rotatable bonds is 3. The molecule has 1 aliphatic rings. The number of halogens is 2. The van der Waals surface area contributed by atoms with Crippen molar-refractivity contribution in [3.8, 4) is 6.07 Å². The summed E-state index contributed by atoms with van der Waals surface area (Å²) >= 11 is 0. The molecule has 1 saturated heterocycles. The average molecular weight is 279 g/mol. The van der Waals surface area contributed by atoms with E-state index >= 15 is 0 Å². The quantitative estimate of drug-likeness (QED) is 0.851. The van der Waals surface area contributed by atoms with Crippen LogP contribution in [0.5, 0.6) is 0 Å². The summed E-state index contributed by atoms with van der Waals surface area (Å²) in [6.07, 6.45) is 0. The first-order valence-electron chi connectivity index (χ1n) is 6.74. The zero-order valence-corrected chi connectivity index (χ0v) is 11.9. The monoisotopic (exact) mass is 279 g/mol. The Labute approximate surface area is 118 Å². The summed E-state index contributed by atoms with van der Waals surface area (Å²) in [4.78, 5) is 4.29. The minimum atomic E-state index is -0.538. The van der Waals surface area contributed by atoms with Gasteiger partial charge >= 0.3 is 0 Å². The second-order valence-electron chi connectivity index (χ2n) is 5.71. The molecule has 0 unspecified atom stereocenters. The summed E-state index contributed by atoms with van der Waals surface area (Å²) in [7, 11) is 0. The third kappa shape index (κ3) is 3.53. The highest BCUT2D eigenvalue weighted by Gasteiger charge is 2.29. The molecule has 0 radical (unpaired) electrons. The first-order valence-corrected chi connectivity index (χ1v) is 6.74. The molecule has 3 nitrogen and oxygen atoms in total. The molecule has 0 aromatic heterocycles. The van der Waals surface area contributed by atoms with Crippen LogP contribution in [-0.4, -0.2) is 41.5 Å². The van der Waals surface area contributed by atoms with Crippen LogP contribution in [0.15, 0.2) is 18.2 Å². The molecule has 108 valence electrons. The fraction of sp³-hybridized carbons (Fsp3) is 0.533. The lowest BCUT2D eigenvalue weighted by molar-refractivity contribution is 0.0763. The first-order chi connectivity index (χ1) is 9.40. The van der Waals surface area contributed by atoms with Gasteiger partial charge in [-0.3, -0.25) is 9.80 Å². The van der Waals surface area contributed by atoms with Crippen molar-refractivity contribution in [3.05, 3.63) is 35.4 Å². The maximum atomic E-state index is 13.1. The van der Waals surface area contributed by atoms with Gasteiger partial charge in [0.05, 0.1) is 6.07 Å². The van der Waals surface area contributed by atoms with Gasteiger partial charge in [-0.2, -0.15) is 5.26 Å². The van der Waals surface area contributed by atoms with Gasteiger partial charge in [-0.1, -0.05) is 0 Å². The zero-order valence-electron chi connectivity index (χ0n) is 11.9. The minimum absolute atomic E-state index is 0.461. The predicted octanol–water partition coefficient (Wildman–Crippen LogP) is 2.38. The first kappa shape index (κ1) is 14.9. The van der Waals surface area contributed by atoms with E-state index in [1.807, 2.05) is 13.8 Å². The third-order valence-electron chi connectivity index (χ3n) is 3.76. The molecule has 0 bridgehead atoms. The van der Waals surface area contributed by atoms with E-state index in [1.54, 1.807) is 0 Å². The van der Waals surface area contributed by atoms with Gasteiger partial charge in [-0.15, -0.1) is 0 Å². The molecular weight excluding hydrogens is 260 g/mol. The fourth-order valence-corrected chi connectivity index (χ4v) is 2.50. The van der Waals surface area contributed by atoms with Crippen molar-refractivity contribution in [2.75, 3.05) is 26.2 Å². The highest BCUT2D eigenvalue weighted by atomic mass is 19.1. The van der Waals surface area contributed by atoms with Crippen LogP contribution in [0.1, 0.15) is 19.4 Å². The molecule has 1 aromatic rings. The Balaban J connectivity index is 1.93. The summed E-state index contributed by atoms with van der Waals surface area (Å²) in [5.41, 5.74) is 0.187. The highest BCUT2D eigenvalue weighted by Crippen LogP contribution is 2.17. The van der Waals surface area contributed by atoms with E-state index in [4.69, 9.17) is 5.26 Å². The second-order valence-corrected chi connectivity index (χ2v) is 5.71. The maximum absolute atomic E-state index is 13.1. The molecule has 0 spiro atoms. The summed E-state index contributed by atoms with van der Waals surface area (Å²) < 4.78 is 26.3. The Morgan fingerprint density at radius 3 is 2.15 bits per heavy atom. The summed E-state index contributed by atoms with van der Waals surface area (Å²) in [5.74, 6) is -1.08. The molecule has 1 aliphatic heterocycles. The molecule has 0 amide bonds. The lowest BCUT2D eigenvalue weighted by Crippen LogP contribution is -2.53. The van der Waals surface area contributed by atoms with Gasteiger partial charge in [-0.05, 0) is 31.5 Å². The van der Waals surface area contributed by atoms with Crippen LogP contribution < -0.4 is 0 Å². The molecule has 5 heteroatoms. The average Bonchev–Trinajstić information content (AvgIpc) is 2.38. The van der Waals surface area contributed by atoms with E-state index in [1.165, 1.54) is 12.1 Å². The zero-order chi connectivity index (χ0) is 14.8. The van der Waals surface area contributed by atoms with Crippen LogP contribution in [-0.2, 0) is 6.54 Å². The number of hydrogen-bond acceptors (Lipinski definition) is 3. The number of nitriles is 1. The number of nitrogens with zero attached hydrogens (tertiary/aromatic N) is 3. The van der Waals surface area contributed by atoms with Gasteiger partial charge in [0.15, 0.2) is 0 Å². The van der Waals surface area contributed by atoms with Gasteiger partial charge in [0.25, 0.3) is 0 Å². The van der Waals surface area contributed by atoms with Crippen molar-refractivity contribution in [1.29, 1.82) is 5.26 Å². The third-order valence-corrected chi connectivity index (χ3v) is 3.76. The largest absolute Gasteiger partial charge is 0.297 e. The summed E-state index contributed by atoms with van der Waals surface area (Å²) in [6, 6.07) is 5.92. The van der Waals surface area contributed by atoms with Crippen molar-refractivity contribution in [2.45, 2.75) is 25.9 Å². The summed E-state index contributed by atoms with van der Waals surface area (Å²) in [5, 5.41) is 9.12. The van der Waals surface area contributed by atoms with Gasteiger partial charge < -0.3 is 0 Å². The Morgan fingerprint density at radius 1 is 1.10 bits per heavy atom. The molecule has 0 saturated carbocycles. The topological polar surface area (TPSA) is 30.3 Å². The number of benzene rings is 1. The Morgan fingerprint density at radius 2 is 1.65 bits per heavy atom. The molecule has 0 atom stereocenters. The van der Waals surface area contributed by atoms with E-state index in [9.17, 15) is 8.78 Å². The molecule has 2 rings (SSSR count). The van der Waals surface area contributed by atoms with Crippen molar-refractivity contribution in [1.82, 2.24) is 9.80 Å². The Kier molecular flexibility index (Phi) is 4.36. The molecule has 1 heterocycles. The molecule has 0 N–H and O–H groups in total.